The van der Waals surface area contributed by atoms with Gasteiger partial charge < -0.3 is 0 Å². The molecule has 0 N–H and O–H groups in total. The van der Waals surface area contributed by atoms with Gasteiger partial charge in [-0.05, 0) is 18.2 Å². The minimum atomic E-state index is -0.812. The first-order chi connectivity index (χ1) is 5.11. The Labute approximate surface area is 82.4 Å². The van der Waals surface area contributed by atoms with Crippen molar-refractivity contribution in [3.63, 3.8) is 0 Å². The lowest BCUT2D eigenvalue weighted by Crippen LogP contribution is -1.87. The summed E-state index contributed by atoms with van der Waals surface area (Å²) in [6.07, 6.45) is 0. The fraction of sp³-hybridized carbons (Fsp3) is 0.143. The van der Waals surface area contributed by atoms with Crippen molar-refractivity contribution >= 4 is 39.1 Å². The summed E-state index contributed by atoms with van der Waals surface area (Å²) in [5.41, 5.74) is 0.294. The second kappa shape index (κ2) is 3.74. The molecule has 60 valence electrons. The van der Waals surface area contributed by atoms with Gasteiger partial charge in [-0.2, -0.15) is 0 Å². The van der Waals surface area contributed by atoms with Gasteiger partial charge in [-0.15, -0.1) is 0 Å². The van der Waals surface area contributed by atoms with Crippen LogP contribution in [0.3, 0.4) is 0 Å². The van der Waals surface area contributed by atoms with Gasteiger partial charge in [0.15, 0.2) is 0 Å². The van der Waals surface area contributed by atoms with E-state index in [0.29, 0.717) is 5.56 Å². The molecule has 0 atom stereocenters. The van der Waals surface area contributed by atoms with Gasteiger partial charge in [-0.3, -0.25) is 0 Å². The minimum absolute atomic E-state index is 0.294. The highest BCUT2D eigenvalue weighted by Crippen LogP contribution is 2.29. The highest BCUT2D eigenvalue weighted by Gasteiger charge is 2.09. The number of rotatable bonds is 1. The predicted molar refractivity (Wildman–Crippen MR) is 48.5 cm³/mol. The third kappa shape index (κ3) is 2.32. The molecule has 0 saturated carbocycles. The summed E-state index contributed by atoms with van der Waals surface area (Å²) in [5.74, 6) is -0.386. The van der Waals surface area contributed by atoms with Gasteiger partial charge in [0.25, 0.3) is 0 Å². The van der Waals surface area contributed by atoms with E-state index in [4.69, 9.17) is 23.2 Å². The zero-order chi connectivity index (χ0) is 8.43. The first-order valence-electron chi connectivity index (χ1n) is 2.84. The van der Waals surface area contributed by atoms with Gasteiger partial charge in [0, 0.05) is 10.0 Å². The molecular formula is C7H4BrCl2F. The molecule has 0 nitrogen and oxygen atoms in total. The van der Waals surface area contributed by atoms with Crippen molar-refractivity contribution in [2.24, 2.45) is 0 Å². The Bertz CT molecular complexity index is 263. The molecule has 0 saturated heterocycles. The smallest absolute Gasteiger partial charge is 0.135 e. The zero-order valence-electron chi connectivity index (χ0n) is 5.32. The Morgan fingerprint density at radius 1 is 1.36 bits per heavy atom. The van der Waals surface area contributed by atoms with Crippen LogP contribution in [-0.2, 0) is 0 Å². The van der Waals surface area contributed by atoms with Crippen molar-refractivity contribution in [3.8, 4) is 0 Å². The molecule has 0 heterocycles. The molecule has 1 aromatic carbocycles. The SMILES string of the molecule is Fc1ccc(Br)cc1C(Cl)Cl. The topological polar surface area (TPSA) is 0 Å². The second-order valence-electron chi connectivity index (χ2n) is 1.97. The third-order valence-corrected chi connectivity index (χ3v) is 2.16. The molecule has 1 rings (SSSR count). The molecule has 0 radical (unpaired) electrons. The summed E-state index contributed by atoms with van der Waals surface area (Å²) in [5, 5.41) is 0. The van der Waals surface area contributed by atoms with Gasteiger partial charge in [0.1, 0.15) is 10.7 Å². The monoisotopic (exact) mass is 256 g/mol. The summed E-state index contributed by atoms with van der Waals surface area (Å²) >= 11 is 14.2. The lowest BCUT2D eigenvalue weighted by molar-refractivity contribution is 0.615. The van der Waals surface area contributed by atoms with Crippen molar-refractivity contribution in [2.75, 3.05) is 0 Å². The third-order valence-electron chi connectivity index (χ3n) is 1.19. The number of hydrogen-bond acceptors (Lipinski definition) is 0. The molecule has 0 bridgehead atoms. The molecule has 0 aromatic heterocycles. The largest absolute Gasteiger partial charge is 0.207 e. The summed E-state index contributed by atoms with van der Waals surface area (Å²) in [4.78, 5) is -0.812. The zero-order valence-corrected chi connectivity index (χ0v) is 8.42. The van der Waals surface area contributed by atoms with Crippen molar-refractivity contribution in [1.29, 1.82) is 0 Å². The van der Waals surface area contributed by atoms with Crippen LogP contribution in [0.15, 0.2) is 22.7 Å². The minimum Gasteiger partial charge on any atom is -0.207 e. The number of alkyl halides is 2. The summed E-state index contributed by atoms with van der Waals surface area (Å²) < 4.78 is 13.6. The van der Waals surface area contributed by atoms with Gasteiger partial charge in [-0.1, -0.05) is 39.1 Å². The highest BCUT2D eigenvalue weighted by atomic mass is 79.9. The fourth-order valence-electron chi connectivity index (χ4n) is 0.682. The quantitative estimate of drug-likeness (QED) is 0.666. The maximum absolute atomic E-state index is 12.8. The first-order valence-corrected chi connectivity index (χ1v) is 4.51. The van der Waals surface area contributed by atoms with Crippen molar-refractivity contribution in [2.45, 2.75) is 4.84 Å². The van der Waals surface area contributed by atoms with E-state index in [1.54, 1.807) is 12.1 Å². The number of hydrogen-bond donors (Lipinski definition) is 0. The molecule has 11 heavy (non-hydrogen) atoms. The highest BCUT2D eigenvalue weighted by molar-refractivity contribution is 9.10. The van der Waals surface area contributed by atoms with E-state index in [9.17, 15) is 4.39 Å². The van der Waals surface area contributed by atoms with Gasteiger partial charge >= 0.3 is 0 Å². The van der Waals surface area contributed by atoms with E-state index < -0.39 is 4.84 Å². The maximum atomic E-state index is 12.8. The molecule has 0 fully saturated rings. The molecule has 4 heteroatoms. The molecule has 0 unspecified atom stereocenters. The Kier molecular flexibility index (Phi) is 3.16. The number of benzene rings is 1. The van der Waals surface area contributed by atoms with Crippen LogP contribution < -0.4 is 0 Å². The van der Waals surface area contributed by atoms with Crippen LogP contribution in [-0.4, -0.2) is 0 Å². The molecular weight excluding hydrogens is 254 g/mol. The van der Waals surface area contributed by atoms with E-state index in [1.165, 1.54) is 6.07 Å². The van der Waals surface area contributed by atoms with Gasteiger partial charge in [0.2, 0.25) is 0 Å². The maximum Gasteiger partial charge on any atom is 0.135 e. The van der Waals surface area contributed by atoms with Gasteiger partial charge in [-0.25, -0.2) is 4.39 Å². The summed E-state index contributed by atoms with van der Waals surface area (Å²) in [6.45, 7) is 0. The van der Waals surface area contributed by atoms with Crippen molar-refractivity contribution < 1.29 is 4.39 Å². The van der Waals surface area contributed by atoms with E-state index >= 15 is 0 Å². The molecule has 0 amide bonds. The molecule has 1 aromatic rings. The Hall–Kier alpha value is 0.210. The normalized spacial score (nSPS) is 10.6. The number of halogens is 4. The standard InChI is InChI=1S/C7H4BrCl2F/c8-4-1-2-6(11)5(3-4)7(9)10/h1-3,7H. The van der Waals surface area contributed by atoms with Crippen LogP contribution in [0.4, 0.5) is 4.39 Å². The lowest BCUT2D eigenvalue weighted by Gasteiger charge is -2.02. The molecule has 0 spiro atoms. The van der Waals surface area contributed by atoms with E-state index in [0.717, 1.165) is 4.47 Å². The Morgan fingerprint density at radius 2 is 2.00 bits per heavy atom. The van der Waals surface area contributed by atoms with E-state index in [1.807, 2.05) is 0 Å². The molecule has 0 aliphatic heterocycles. The van der Waals surface area contributed by atoms with Crippen LogP contribution in [0.2, 0.25) is 0 Å². The second-order valence-corrected chi connectivity index (χ2v) is 3.98. The van der Waals surface area contributed by atoms with Crippen LogP contribution in [0, 0.1) is 5.82 Å². The van der Waals surface area contributed by atoms with E-state index in [2.05, 4.69) is 15.9 Å². The molecule has 0 aliphatic rings. The molecule has 0 aliphatic carbocycles. The average molecular weight is 258 g/mol. The van der Waals surface area contributed by atoms with Crippen LogP contribution in [0.5, 0.6) is 0 Å². The Balaban J connectivity index is 3.13. The van der Waals surface area contributed by atoms with Crippen molar-refractivity contribution in [3.05, 3.63) is 34.1 Å². The van der Waals surface area contributed by atoms with Gasteiger partial charge in [0.05, 0.1) is 0 Å². The summed E-state index contributed by atoms with van der Waals surface area (Å²) in [7, 11) is 0. The van der Waals surface area contributed by atoms with Crippen molar-refractivity contribution in [1.82, 2.24) is 0 Å². The average Bonchev–Trinajstić information content (AvgIpc) is 1.94. The Morgan fingerprint density at radius 3 is 2.45 bits per heavy atom. The van der Waals surface area contributed by atoms with E-state index in [-0.39, 0.29) is 5.82 Å². The first kappa shape index (κ1) is 9.30. The van der Waals surface area contributed by atoms with Crippen LogP contribution in [0.25, 0.3) is 0 Å². The van der Waals surface area contributed by atoms with Crippen LogP contribution >= 0.6 is 39.1 Å². The summed E-state index contributed by atoms with van der Waals surface area (Å²) in [6, 6.07) is 4.46. The lowest BCUT2D eigenvalue weighted by atomic mass is 10.2. The predicted octanol–water partition coefficient (Wildman–Crippen LogP) is 4.06. The van der Waals surface area contributed by atoms with Crippen LogP contribution in [0.1, 0.15) is 10.4 Å². The fourth-order valence-corrected chi connectivity index (χ4v) is 1.40.